The van der Waals surface area contributed by atoms with E-state index < -0.39 is 12.6 Å². The molecule has 4 nitrogen and oxygen atoms in total. The first kappa shape index (κ1) is 17.0. The van der Waals surface area contributed by atoms with Crippen molar-refractivity contribution in [2.75, 3.05) is 13.2 Å². The summed E-state index contributed by atoms with van der Waals surface area (Å²) < 4.78 is 4.90. The van der Waals surface area contributed by atoms with Gasteiger partial charge in [0, 0.05) is 0 Å². The number of hydrogen-bond donors (Lipinski definition) is 2. The maximum Gasteiger partial charge on any atom is 0.339 e. The lowest BCUT2D eigenvalue weighted by atomic mass is 10.1. The number of carbonyl (C=O) groups is 1. The third-order valence-corrected chi connectivity index (χ3v) is 2.82. The summed E-state index contributed by atoms with van der Waals surface area (Å²) in [7, 11) is 0. The van der Waals surface area contributed by atoms with Crippen molar-refractivity contribution in [1.82, 2.24) is 0 Å². The summed E-state index contributed by atoms with van der Waals surface area (Å²) in [4.78, 5) is 11.2. The molecular weight excluding hydrogens is 232 g/mol. The second kappa shape index (κ2) is 12.4. The van der Waals surface area contributed by atoms with Gasteiger partial charge in [0.2, 0.25) is 0 Å². The molecule has 0 heterocycles. The number of unbranched alkanes of at least 4 members (excludes halogenated alkanes) is 7. The number of rotatable bonds is 11. The summed E-state index contributed by atoms with van der Waals surface area (Å²) in [5, 5.41) is 17.3. The minimum absolute atomic E-state index is 0.102. The van der Waals surface area contributed by atoms with Crippen LogP contribution in [-0.4, -0.2) is 29.4 Å². The first-order chi connectivity index (χ1) is 8.76. The molecule has 0 spiro atoms. The van der Waals surface area contributed by atoms with Crippen LogP contribution in [-0.2, 0) is 9.53 Å². The lowest BCUT2D eigenvalue weighted by Gasteiger charge is -2.05. The number of hydrogen-bond acceptors (Lipinski definition) is 4. The van der Waals surface area contributed by atoms with Gasteiger partial charge in [-0.2, -0.15) is 0 Å². The Labute approximate surface area is 110 Å². The normalized spacial score (nSPS) is 11.6. The molecule has 0 saturated heterocycles. The molecule has 0 aromatic heterocycles. The molecule has 2 N–H and O–H groups in total. The minimum Gasteiger partial charge on any atom is -0.515 e. The Morgan fingerprint density at radius 2 is 1.61 bits per heavy atom. The van der Waals surface area contributed by atoms with E-state index in [9.17, 15) is 4.79 Å². The molecule has 0 unspecified atom stereocenters. The van der Waals surface area contributed by atoms with Crippen molar-refractivity contribution >= 4 is 5.97 Å². The Morgan fingerprint density at radius 1 is 1.06 bits per heavy atom. The average Bonchev–Trinajstić information content (AvgIpc) is 2.38. The van der Waals surface area contributed by atoms with Gasteiger partial charge < -0.3 is 14.9 Å². The van der Waals surface area contributed by atoms with E-state index in [0.717, 1.165) is 12.8 Å². The second-order valence-corrected chi connectivity index (χ2v) is 4.42. The van der Waals surface area contributed by atoms with Crippen LogP contribution in [0.15, 0.2) is 11.8 Å². The zero-order valence-corrected chi connectivity index (χ0v) is 11.4. The Kier molecular flexibility index (Phi) is 11.7. The predicted octanol–water partition coefficient (Wildman–Crippen LogP) is 3.10. The lowest BCUT2D eigenvalue weighted by Crippen LogP contribution is -2.11. The highest BCUT2D eigenvalue weighted by atomic mass is 16.5. The largest absolute Gasteiger partial charge is 0.515 e. The van der Waals surface area contributed by atoms with E-state index in [4.69, 9.17) is 14.9 Å². The molecule has 0 amide bonds. The number of aliphatic hydroxyl groups excluding tert-OH is 2. The molecule has 0 saturated carbocycles. The van der Waals surface area contributed by atoms with Crippen LogP contribution in [0, 0.1) is 0 Å². The fourth-order valence-electron chi connectivity index (χ4n) is 1.65. The van der Waals surface area contributed by atoms with Gasteiger partial charge in [-0.1, -0.05) is 51.9 Å². The highest BCUT2D eigenvalue weighted by Crippen LogP contribution is 2.08. The highest BCUT2D eigenvalue weighted by molar-refractivity contribution is 5.88. The molecule has 0 aromatic carbocycles. The number of esters is 1. The molecule has 0 rings (SSSR count). The third-order valence-electron chi connectivity index (χ3n) is 2.82. The van der Waals surface area contributed by atoms with E-state index in [1.165, 1.54) is 38.5 Å². The van der Waals surface area contributed by atoms with E-state index in [0.29, 0.717) is 12.9 Å². The van der Waals surface area contributed by atoms with Crippen molar-refractivity contribution in [3.8, 4) is 0 Å². The maximum atomic E-state index is 11.2. The topological polar surface area (TPSA) is 66.8 Å². The SMILES string of the molecule is CCCCCCCCCCOC(=O)C(=CO)CO. The summed E-state index contributed by atoms with van der Waals surface area (Å²) in [6, 6.07) is 0. The molecule has 18 heavy (non-hydrogen) atoms. The summed E-state index contributed by atoms with van der Waals surface area (Å²) in [6.07, 6.45) is 10.1. The van der Waals surface area contributed by atoms with E-state index in [1.807, 2.05) is 0 Å². The molecule has 4 heteroatoms. The summed E-state index contributed by atoms with van der Waals surface area (Å²) >= 11 is 0. The molecule has 0 bridgehead atoms. The van der Waals surface area contributed by atoms with Crippen LogP contribution in [0.4, 0.5) is 0 Å². The van der Waals surface area contributed by atoms with Crippen LogP contribution >= 0.6 is 0 Å². The quantitative estimate of drug-likeness (QED) is 0.259. The zero-order valence-electron chi connectivity index (χ0n) is 11.4. The molecule has 0 aliphatic heterocycles. The van der Waals surface area contributed by atoms with Crippen LogP contribution < -0.4 is 0 Å². The Bertz CT molecular complexity index is 236. The fourth-order valence-corrected chi connectivity index (χ4v) is 1.65. The highest BCUT2D eigenvalue weighted by Gasteiger charge is 2.09. The molecule has 0 aliphatic rings. The molecule has 0 fully saturated rings. The van der Waals surface area contributed by atoms with E-state index in [-0.39, 0.29) is 5.57 Å². The van der Waals surface area contributed by atoms with E-state index in [2.05, 4.69) is 6.92 Å². The second-order valence-electron chi connectivity index (χ2n) is 4.42. The van der Waals surface area contributed by atoms with Crippen molar-refractivity contribution in [3.63, 3.8) is 0 Å². The van der Waals surface area contributed by atoms with Gasteiger partial charge in [0.1, 0.15) is 0 Å². The minimum atomic E-state index is -0.636. The zero-order chi connectivity index (χ0) is 13.6. The molecule has 0 aromatic rings. The van der Waals surface area contributed by atoms with E-state index in [1.54, 1.807) is 0 Å². The smallest absolute Gasteiger partial charge is 0.339 e. The van der Waals surface area contributed by atoms with Gasteiger partial charge >= 0.3 is 5.97 Å². The molecule has 106 valence electrons. The molecular formula is C14H26O4. The number of ether oxygens (including phenoxy) is 1. The first-order valence-corrected chi connectivity index (χ1v) is 6.87. The standard InChI is InChI=1S/C14H26O4/c1-2-3-4-5-6-7-8-9-10-18-14(17)13(11-15)12-16/h11,15-16H,2-10,12H2,1H3. The van der Waals surface area contributed by atoms with Crippen LogP contribution in [0.1, 0.15) is 58.3 Å². The summed E-state index contributed by atoms with van der Waals surface area (Å²) in [5.74, 6) is -0.636. The first-order valence-electron chi connectivity index (χ1n) is 6.87. The Morgan fingerprint density at radius 3 is 2.11 bits per heavy atom. The van der Waals surface area contributed by atoms with E-state index >= 15 is 0 Å². The van der Waals surface area contributed by atoms with Gasteiger partial charge in [-0.3, -0.25) is 0 Å². The third kappa shape index (κ3) is 9.05. The van der Waals surface area contributed by atoms with Crippen molar-refractivity contribution < 1.29 is 19.7 Å². The van der Waals surface area contributed by atoms with Crippen molar-refractivity contribution in [2.24, 2.45) is 0 Å². The van der Waals surface area contributed by atoms with Gasteiger partial charge in [-0.25, -0.2) is 4.79 Å². The van der Waals surface area contributed by atoms with Crippen LogP contribution in [0.5, 0.6) is 0 Å². The number of aliphatic hydroxyl groups is 2. The fraction of sp³-hybridized carbons (Fsp3) is 0.786. The average molecular weight is 258 g/mol. The van der Waals surface area contributed by atoms with Gasteiger partial charge in [0.15, 0.2) is 0 Å². The van der Waals surface area contributed by atoms with Crippen LogP contribution in [0.3, 0.4) is 0 Å². The van der Waals surface area contributed by atoms with Gasteiger partial charge in [0.25, 0.3) is 0 Å². The van der Waals surface area contributed by atoms with Crippen molar-refractivity contribution in [2.45, 2.75) is 58.3 Å². The van der Waals surface area contributed by atoms with Crippen LogP contribution in [0.25, 0.3) is 0 Å². The Hall–Kier alpha value is -1.03. The molecule has 0 radical (unpaired) electrons. The summed E-state index contributed by atoms with van der Waals surface area (Å²) in [5.41, 5.74) is -0.102. The predicted molar refractivity (Wildman–Crippen MR) is 71.4 cm³/mol. The summed E-state index contributed by atoms with van der Waals surface area (Å²) in [6.45, 7) is 2.06. The van der Waals surface area contributed by atoms with Crippen molar-refractivity contribution in [1.29, 1.82) is 0 Å². The van der Waals surface area contributed by atoms with Crippen LogP contribution in [0.2, 0.25) is 0 Å². The molecule has 0 atom stereocenters. The maximum absolute atomic E-state index is 11.2. The lowest BCUT2D eigenvalue weighted by molar-refractivity contribution is -0.139. The van der Waals surface area contributed by atoms with Gasteiger partial charge in [-0.15, -0.1) is 0 Å². The molecule has 0 aliphatic carbocycles. The number of carbonyl (C=O) groups excluding carboxylic acids is 1. The van der Waals surface area contributed by atoms with Gasteiger partial charge in [0.05, 0.1) is 25.0 Å². The Balaban J connectivity index is 3.33. The monoisotopic (exact) mass is 258 g/mol. The van der Waals surface area contributed by atoms with Gasteiger partial charge in [-0.05, 0) is 6.42 Å². The van der Waals surface area contributed by atoms with Crippen molar-refractivity contribution in [3.05, 3.63) is 11.8 Å².